The van der Waals surface area contributed by atoms with Crippen LogP contribution in [0.4, 0.5) is 0 Å². The van der Waals surface area contributed by atoms with Gasteiger partial charge in [-0.05, 0) is 12.1 Å². The molecule has 0 fully saturated rings. The Hall–Kier alpha value is -0.440. The second kappa shape index (κ2) is 5.32. The lowest BCUT2D eigenvalue weighted by Crippen LogP contribution is -2.00. The van der Waals surface area contributed by atoms with Gasteiger partial charge in [0.25, 0.3) is 0 Å². The maximum absolute atomic E-state index is 10.5. The Balaban J connectivity index is 0.00000144. The van der Waals surface area contributed by atoms with Crippen molar-refractivity contribution in [2.45, 2.75) is 6.92 Å². The molecule has 1 aromatic rings. The van der Waals surface area contributed by atoms with Crippen LogP contribution in [0.25, 0.3) is 0 Å². The highest BCUT2D eigenvalue weighted by atomic mass is 35.5. The summed E-state index contributed by atoms with van der Waals surface area (Å²) < 4.78 is 4.77. The predicted molar refractivity (Wildman–Crippen MR) is 55.0 cm³/mol. The van der Waals surface area contributed by atoms with Crippen LogP contribution < -0.4 is 4.74 Å². The lowest BCUT2D eigenvalue weighted by molar-refractivity contribution is -0.131. The summed E-state index contributed by atoms with van der Waals surface area (Å²) in [6, 6.07) is 4.64. The molecule has 0 atom stereocenters. The van der Waals surface area contributed by atoms with Crippen LogP contribution in [0.2, 0.25) is 10.0 Å². The number of carbonyl (C=O) groups excluding carboxylic acids is 1. The van der Waals surface area contributed by atoms with Gasteiger partial charge in [0, 0.05) is 13.0 Å². The van der Waals surface area contributed by atoms with Gasteiger partial charge in [-0.3, -0.25) is 4.79 Å². The van der Waals surface area contributed by atoms with Crippen molar-refractivity contribution in [1.29, 1.82) is 0 Å². The first kappa shape index (κ1) is 12.6. The molecular weight excluding hydrogens is 234 g/mol. The number of hydrogen-bond acceptors (Lipinski definition) is 2. The van der Waals surface area contributed by atoms with E-state index >= 15 is 0 Å². The molecule has 1 rings (SSSR count). The highest BCUT2D eigenvalue weighted by Crippen LogP contribution is 2.26. The van der Waals surface area contributed by atoms with Crippen LogP contribution in [0.1, 0.15) is 6.92 Å². The molecular formula is C8H7Cl3O2. The molecule has 0 heterocycles. The molecule has 0 bridgehead atoms. The van der Waals surface area contributed by atoms with E-state index in [4.69, 9.17) is 27.9 Å². The first-order valence-electron chi connectivity index (χ1n) is 3.23. The smallest absolute Gasteiger partial charge is 0.308 e. The fourth-order valence-corrected chi connectivity index (χ4v) is 0.994. The molecule has 0 unspecified atom stereocenters. The van der Waals surface area contributed by atoms with Crippen molar-refractivity contribution in [3.63, 3.8) is 0 Å². The monoisotopic (exact) mass is 240 g/mol. The summed E-state index contributed by atoms with van der Waals surface area (Å²) in [4.78, 5) is 10.5. The first-order chi connectivity index (χ1) is 5.59. The number of esters is 1. The lowest BCUT2D eigenvalue weighted by Gasteiger charge is -2.01. The molecule has 0 radical (unpaired) electrons. The molecule has 1 aromatic carbocycles. The van der Waals surface area contributed by atoms with E-state index in [2.05, 4.69) is 0 Å². The second-order valence-corrected chi connectivity index (χ2v) is 2.98. The van der Waals surface area contributed by atoms with Gasteiger partial charge < -0.3 is 4.74 Å². The predicted octanol–water partition coefficient (Wildman–Crippen LogP) is 3.34. The van der Waals surface area contributed by atoms with Crippen LogP contribution in [-0.4, -0.2) is 5.97 Å². The number of hydrogen-bond donors (Lipinski definition) is 0. The molecule has 0 N–H and O–H groups in total. The number of halogens is 3. The van der Waals surface area contributed by atoms with Crippen molar-refractivity contribution in [3.8, 4) is 5.75 Å². The zero-order valence-electron chi connectivity index (χ0n) is 6.71. The molecule has 0 aliphatic rings. The third-order valence-electron chi connectivity index (χ3n) is 1.15. The lowest BCUT2D eigenvalue weighted by atomic mass is 10.3. The fraction of sp³-hybridized carbons (Fsp3) is 0.125. The molecule has 0 spiro atoms. The highest BCUT2D eigenvalue weighted by Gasteiger charge is 2.01. The van der Waals surface area contributed by atoms with E-state index in [-0.39, 0.29) is 18.4 Å². The highest BCUT2D eigenvalue weighted by molar-refractivity contribution is 6.42. The van der Waals surface area contributed by atoms with Crippen molar-refractivity contribution in [2.75, 3.05) is 0 Å². The summed E-state index contributed by atoms with van der Waals surface area (Å²) in [7, 11) is 0. The van der Waals surface area contributed by atoms with Crippen LogP contribution in [0, 0.1) is 0 Å². The molecule has 5 heteroatoms. The standard InChI is InChI=1S/C8H6Cl2O2.ClH/c1-5(11)12-6-2-3-7(9)8(10)4-6;/h2-4H,1H3;1H. The Morgan fingerprint density at radius 1 is 1.31 bits per heavy atom. The van der Waals surface area contributed by atoms with Crippen molar-refractivity contribution in [1.82, 2.24) is 0 Å². The molecule has 0 aliphatic heterocycles. The molecule has 72 valence electrons. The van der Waals surface area contributed by atoms with Gasteiger partial charge >= 0.3 is 5.97 Å². The minimum atomic E-state index is -0.381. The number of carbonyl (C=O) groups is 1. The Bertz CT molecular complexity index is 312. The van der Waals surface area contributed by atoms with Gasteiger partial charge in [-0.1, -0.05) is 23.2 Å². The van der Waals surface area contributed by atoms with Gasteiger partial charge in [0.1, 0.15) is 5.75 Å². The molecule has 0 aliphatic carbocycles. The average molecular weight is 242 g/mol. The third-order valence-corrected chi connectivity index (χ3v) is 1.89. The number of rotatable bonds is 1. The second-order valence-electron chi connectivity index (χ2n) is 2.17. The number of ether oxygens (including phenoxy) is 1. The molecule has 2 nitrogen and oxygen atoms in total. The maximum Gasteiger partial charge on any atom is 0.308 e. The van der Waals surface area contributed by atoms with Crippen LogP contribution in [0.5, 0.6) is 5.75 Å². The Labute approximate surface area is 92.2 Å². The SMILES string of the molecule is CC(=O)Oc1ccc(Cl)c(Cl)c1.Cl. The van der Waals surface area contributed by atoms with Gasteiger partial charge in [-0.2, -0.15) is 0 Å². The summed E-state index contributed by atoms with van der Waals surface area (Å²) in [5.41, 5.74) is 0. The normalized spacial score (nSPS) is 8.85. The van der Waals surface area contributed by atoms with E-state index < -0.39 is 0 Å². The van der Waals surface area contributed by atoms with E-state index in [1.54, 1.807) is 12.1 Å². The molecule has 0 aromatic heterocycles. The molecule has 13 heavy (non-hydrogen) atoms. The summed E-state index contributed by atoms with van der Waals surface area (Å²) in [6.45, 7) is 1.32. The topological polar surface area (TPSA) is 26.3 Å². The van der Waals surface area contributed by atoms with Gasteiger partial charge in [-0.15, -0.1) is 12.4 Å². The van der Waals surface area contributed by atoms with E-state index in [1.165, 1.54) is 13.0 Å². The van der Waals surface area contributed by atoms with Gasteiger partial charge in [0.15, 0.2) is 0 Å². The maximum atomic E-state index is 10.5. The van der Waals surface area contributed by atoms with Crippen LogP contribution in [0.15, 0.2) is 18.2 Å². The van der Waals surface area contributed by atoms with Gasteiger partial charge in [0.2, 0.25) is 0 Å². The van der Waals surface area contributed by atoms with Gasteiger partial charge in [-0.25, -0.2) is 0 Å². The zero-order valence-corrected chi connectivity index (χ0v) is 9.04. The summed E-state index contributed by atoms with van der Waals surface area (Å²) in [5, 5.41) is 0.808. The van der Waals surface area contributed by atoms with Crippen LogP contribution in [0.3, 0.4) is 0 Å². The average Bonchev–Trinajstić information content (AvgIpc) is 1.96. The van der Waals surface area contributed by atoms with Crippen molar-refractivity contribution in [2.24, 2.45) is 0 Å². The van der Waals surface area contributed by atoms with E-state index in [0.717, 1.165) is 0 Å². The fourth-order valence-electron chi connectivity index (χ4n) is 0.706. The van der Waals surface area contributed by atoms with Crippen molar-refractivity contribution >= 4 is 41.6 Å². The minimum absolute atomic E-state index is 0. The zero-order chi connectivity index (χ0) is 9.14. The van der Waals surface area contributed by atoms with Crippen LogP contribution in [-0.2, 0) is 4.79 Å². The van der Waals surface area contributed by atoms with E-state index in [0.29, 0.717) is 15.8 Å². The Morgan fingerprint density at radius 2 is 1.92 bits per heavy atom. The quantitative estimate of drug-likeness (QED) is 0.557. The summed E-state index contributed by atoms with van der Waals surface area (Å²) >= 11 is 11.3. The molecule has 0 saturated heterocycles. The van der Waals surface area contributed by atoms with E-state index in [1.807, 2.05) is 0 Å². The van der Waals surface area contributed by atoms with Crippen molar-refractivity contribution in [3.05, 3.63) is 28.2 Å². The largest absolute Gasteiger partial charge is 0.427 e. The number of benzene rings is 1. The van der Waals surface area contributed by atoms with Gasteiger partial charge in [0.05, 0.1) is 10.0 Å². The van der Waals surface area contributed by atoms with Crippen LogP contribution >= 0.6 is 35.6 Å². The van der Waals surface area contributed by atoms with E-state index in [9.17, 15) is 4.79 Å². The third kappa shape index (κ3) is 3.85. The van der Waals surface area contributed by atoms with Crippen molar-refractivity contribution < 1.29 is 9.53 Å². The molecule has 0 saturated carbocycles. The first-order valence-corrected chi connectivity index (χ1v) is 3.98. The minimum Gasteiger partial charge on any atom is -0.427 e. The summed E-state index contributed by atoms with van der Waals surface area (Å²) in [5.74, 6) is 0.0188. The Kier molecular flexibility index (Phi) is 5.14. The summed E-state index contributed by atoms with van der Waals surface area (Å²) in [6.07, 6.45) is 0. The Morgan fingerprint density at radius 3 is 2.38 bits per heavy atom. The molecule has 0 amide bonds.